The lowest BCUT2D eigenvalue weighted by Crippen LogP contribution is -2.33. The van der Waals surface area contributed by atoms with Gasteiger partial charge in [-0.25, -0.2) is 0 Å². The van der Waals surface area contributed by atoms with Crippen molar-refractivity contribution >= 4 is 11.6 Å². The highest BCUT2D eigenvalue weighted by Gasteiger charge is 2.35. The first kappa shape index (κ1) is 21.6. The molecular weight excluding hydrogens is 404 g/mol. The summed E-state index contributed by atoms with van der Waals surface area (Å²) in [5, 5.41) is 11.1. The molecule has 1 aliphatic heterocycles. The van der Waals surface area contributed by atoms with Crippen LogP contribution < -0.4 is 0 Å². The number of likely N-dealkylation sites (tertiary alicyclic amines) is 1. The molecule has 0 saturated carbocycles. The van der Waals surface area contributed by atoms with Crippen LogP contribution >= 0.6 is 11.6 Å². The Morgan fingerprint density at radius 2 is 1.65 bits per heavy atom. The predicted octanol–water partition coefficient (Wildman–Crippen LogP) is 5.83. The fraction of sp³-hybridized carbons (Fsp3) is 0.296. The van der Waals surface area contributed by atoms with E-state index in [1.807, 2.05) is 60.7 Å². The van der Waals surface area contributed by atoms with E-state index in [9.17, 15) is 5.26 Å². The zero-order valence-corrected chi connectivity index (χ0v) is 18.3. The van der Waals surface area contributed by atoms with E-state index in [1.54, 1.807) is 0 Å². The number of hydrogen-bond acceptors (Lipinski definition) is 3. The topological polar surface area (TPSA) is 36.3 Å². The molecule has 158 valence electrons. The van der Waals surface area contributed by atoms with Crippen LogP contribution in [-0.2, 0) is 16.8 Å². The van der Waals surface area contributed by atoms with Crippen molar-refractivity contribution in [3.8, 4) is 6.07 Å². The van der Waals surface area contributed by atoms with Crippen molar-refractivity contribution in [3.05, 3.63) is 107 Å². The summed E-state index contributed by atoms with van der Waals surface area (Å²) in [5.41, 5.74) is 2.55. The van der Waals surface area contributed by atoms with E-state index in [-0.39, 0.29) is 6.10 Å². The van der Waals surface area contributed by atoms with E-state index in [2.05, 4.69) is 35.2 Å². The average molecular weight is 431 g/mol. The van der Waals surface area contributed by atoms with Gasteiger partial charge in [-0.05, 0) is 41.7 Å². The van der Waals surface area contributed by atoms with Gasteiger partial charge in [-0.1, -0.05) is 84.4 Å². The number of ether oxygens (including phenoxy) is 1. The Kier molecular flexibility index (Phi) is 7.04. The zero-order chi connectivity index (χ0) is 21.5. The van der Waals surface area contributed by atoms with Gasteiger partial charge in [0, 0.05) is 24.7 Å². The molecule has 1 aliphatic rings. The van der Waals surface area contributed by atoms with Crippen LogP contribution in [0.5, 0.6) is 0 Å². The molecule has 0 spiro atoms. The first-order valence-corrected chi connectivity index (χ1v) is 11.2. The second-order valence-corrected chi connectivity index (χ2v) is 8.59. The van der Waals surface area contributed by atoms with E-state index in [0.29, 0.717) is 6.61 Å². The highest BCUT2D eigenvalue weighted by atomic mass is 35.5. The van der Waals surface area contributed by atoms with Crippen molar-refractivity contribution in [2.75, 3.05) is 19.6 Å². The van der Waals surface area contributed by atoms with Crippen LogP contribution in [-0.4, -0.2) is 30.6 Å². The zero-order valence-electron chi connectivity index (χ0n) is 17.6. The summed E-state index contributed by atoms with van der Waals surface area (Å²) in [6.45, 7) is 3.32. The lowest BCUT2D eigenvalue weighted by molar-refractivity contribution is 0.0464. The number of halogens is 1. The number of benzene rings is 3. The third-order valence-electron chi connectivity index (χ3n) is 6.13. The van der Waals surface area contributed by atoms with Gasteiger partial charge >= 0.3 is 0 Å². The van der Waals surface area contributed by atoms with Crippen molar-refractivity contribution in [1.29, 1.82) is 5.26 Å². The van der Waals surface area contributed by atoms with E-state index in [1.165, 1.54) is 0 Å². The van der Waals surface area contributed by atoms with Crippen LogP contribution in [0.3, 0.4) is 0 Å². The molecule has 4 rings (SSSR count). The van der Waals surface area contributed by atoms with Crippen LogP contribution in [0.4, 0.5) is 0 Å². The molecule has 0 amide bonds. The molecule has 1 heterocycles. The van der Waals surface area contributed by atoms with Crippen molar-refractivity contribution in [2.24, 2.45) is 0 Å². The normalized spacial score (nSPS) is 16.8. The van der Waals surface area contributed by atoms with Gasteiger partial charge in [-0.3, -0.25) is 0 Å². The summed E-state index contributed by atoms with van der Waals surface area (Å²) in [6.07, 6.45) is 1.97. The highest BCUT2D eigenvalue weighted by Crippen LogP contribution is 2.35. The van der Waals surface area contributed by atoms with Crippen LogP contribution in [0.15, 0.2) is 84.9 Å². The molecule has 3 aromatic rings. The fourth-order valence-corrected chi connectivity index (χ4v) is 4.60. The number of rotatable bonds is 8. The maximum absolute atomic E-state index is 10.3. The third kappa shape index (κ3) is 5.17. The quantitative estimate of drug-likeness (QED) is 0.451. The number of nitrogens with zero attached hydrogens (tertiary/aromatic N) is 2. The summed E-state index contributed by atoms with van der Waals surface area (Å²) in [4.78, 5) is 2.42. The van der Waals surface area contributed by atoms with E-state index in [0.717, 1.165) is 54.2 Å². The molecule has 0 aliphatic carbocycles. The van der Waals surface area contributed by atoms with Gasteiger partial charge in [-0.15, -0.1) is 0 Å². The number of hydrogen-bond donors (Lipinski definition) is 0. The Morgan fingerprint density at radius 1 is 0.968 bits per heavy atom. The lowest BCUT2D eigenvalue weighted by atomic mass is 9.73. The summed E-state index contributed by atoms with van der Waals surface area (Å²) in [7, 11) is 0. The van der Waals surface area contributed by atoms with Gasteiger partial charge in [0.15, 0.2) is 0 Å². The smallest absolute Gasteiger partial charge is 0.108 e. The van der Waals surface area contributed by atoms with Crippen molar-refractivity contribution < 1.29 is 4.74 Å². The summed E-state index contributed by atoms with van der Waals surface area (Å²) < 4.78 is 6.14. The predicted molar refractivity (Wildman–Crippen MR) is 125 cm³/mol. The minimum Gasteiger partial charge on any atom is -0.372 e. The molecule has 4 heteroatoms. The minimum atomic E-state index is -0.651. The molecule has 1 atom stereocenters. The second-order valence-electron chi connectivity index (χ2n) is 8.15. The summed E-state index contributed by atoms with van der Waals surface area (Å²) >= 11 is 6.07. The molecule has 31 heavy (non-hydrogen) atoms. The van der Waals surface area contributed by atoms with Gasteiger partial charge in [0.1, 0.15) is 5.41 Å². The molecule has 0 bridgehead atoms. The Labute approximate surface area is 189 Å². The largest absolute Gasteiger partial charge is 0.372 e. The Bertz CT molecular complexity index is 977. The van der Waals surface area contributed by atoms with Gasteiger partial charge < -0.3 is 9.64 Å². The number of nitriles is 1. The summed E-state index contributed by atoms with van der Waals surface area (Å²) in [5.74, 6) is 0. The molecule has 0 N–H and O–H groups in total. The van der Waals surface area contributed by atoms with Crippen molar-refractivity contribution in [3.63, 3.8) is 0 Å². The van der Waals surface area contributed by atoms with Crippen LogP contribution in [0, 0.1) is 11.3 Å². The third-order valence-corrected chi connectivity index (χ3v) is 6.37. The molecule has 3 nitrogen and oxygen atoms in total. The average Bonchev–Trinajstić information content (AvgIpc) is 3.28. The van der Waals surface area contributed by atoms with Gasteiger partial charge in [0.2, 0.25) is 0 Å². The van der Waals surface area contributed by atoms with E-state index in [4.69, 9.17) is 16.3 Å². The van der Waals surface area contributed by atoms with Crippen molar-refractivity contribution in [2.45, 2.75) is 31.0 Å². The SMILES string of the molecule is N#CC(CCN1CCC(OCc2cccc(Cl)c2)C1)(c1ccccc1)c1ccccc1. The maximum atomic E-state index is 10.3. The Morgan fingerprint density at radius 3 is 2.26 bits per heavy atom. The maximum Gasteiger partial charge on any atom is 0.108 e. The van der Waals surface area contributed by atoms with E-state index < -0.39 is 5.41 Å². The van der Waals surface area contributed by atoms with Gasteiger partial charge in [-0.2, -0.15) is 5.26 Å². The second kappa shape index (κ2) is 10.1. The van der Waals surface area contributed by atoms with Crippen LogP contribution in [0.1, 0.15) is 29.5 Å². The Hall–Kier alpha value is -2.64. The Balaban J connectivity index is 1.41. The minimum absolute atomic E-state index is 0.212. The monoisotopic (exact) mass is 430 g/mol. The first-order valence-electron chi connectivity index (χ1n) is 10.8. The molecule has 3 aromatic carbocycles. The van der Waals surface area contributed by atoms with Gasteiger partial charge in [0.05, 0.1) is 18.8 Å². The molecule has 1 fully saturated rings. The van der Waals surface area contributed by atoms with Crippen LogP contribution in [0.2, 0.25) is 5.02 Å². The molecule has 1 saturated heterocycles. The lowest BCUT2D eigenvalue weighted by Gasteiger charge is -2.30. The first-order chi connectivity index (χ1) is 15.2. The van der Waals surface area contributed by atoms with Crippen LogP contribution in [0.25, 0.3) is 0 Å². The van der Waals surface area contributed by atoms with Gasteiger partial charge in [0.25, 0.3) is 0 Å². The highest BCUT2D eigenvalue weighted by molar-refractivity contribution is 6.30. The van der Waals surface area contributed by atoms with E-state index >= 15 is 0 Å². The summed E-state index contributed by atoms with van der Waals surface area (Å²) in [6, 6.07) is 30.8. The molecule has 0 aromatic heterocycles. The fourth-order valence-electron chi connectivity index (χ4n) is 4.39. The molecular formula is C27H27ClN2O. The standard InChI is InChI=1S/C27H27ClN2O/c28-25-13-7-8-22(18-25)20-31-26-14-16-30(19-26)17-15-27(21-29,23-9-3-1-4-10-23)24-11-5-2-6-12-24/h1-13,18,26H,14-17,19-20H2. The van der Waals surface area contributed by atoms with Crippen molar-refractivity contribution in [1.82, 2.24) is 4.90 Å². The molecule has 1 unspecified atom stereocenters. The molecule has 0 radical (unpaired) electrons.